The van der Waals surface area contributed by atoms with Gasteiger partial charge in [-0.05, 0) is 70.1 Å². The van der Waals surface area contributed by atoms with Crippen molar-refractivity contribution in [3.8, 4) is 0 Å². The maximum atomic E-state index is 11.5. The van der Waals surface area contributed by atoms with Crippen LogP contribution in [0.2, 0.25) is 0 Å². The highest BCUT2D eigenvalue weighted by atomic mass is 16.6. The average molecular weight is 795 g/mol. The van der Waals surface area contributed by atoms with Crippen LogP contribution in [0.5, 0.6) is 0 Å². The molecule has 16 nitrogen and oxygen atoms in total. The number of rotatable bonds is 22. The smallest absolute Gasteiger partial charge is 0.409 e. The SMILES string of the molecule is C=CCCOC(=O)N(C)CCCO.CCC(C)COC(=O)N(C)CCCO.CCCCOC(=O)N(C)CCCO.CN(CCCO)C(=O)OC1CCCCC1. The van der Waals surface area contributed by atoms with Crippen LogP contribution in [0.15, 0.2) is 12.7 Å². The van der Waals surface area contributed by atoms with E-state index in [0.29, 0.717) is 84.0 Å². The van der Waals surface area contributed by atoms with Crippen LogP contribution < -0.4 is 0 Å². The molecule has 0 saturated heterocycles. The fourth-order valence-corrected chi connectivity index (χ4v) is 4.21. The van der Waals surface area contributed by atoms with Gasteiger partial charge in [-0.1, -0.05) is 46.1 Å². The van der Waals surface area contributed by atoms with Crippen LogP contribution in [0, 0.1) is 5.92 Å². The molecular weight excluding hydrogens is 716 g/mol. The van der Waals surface area contributed by atoms with Crippen molar-refractivity contribution < 1.29 is 58.6 Å². The van der Waals surface area contributed by atoms with Crippen LogP contribution in [-0.4, -0.2) is 171 Å². The number of carbonyl (C=O) groups excluding carboxylic acids is 4. The molecule has 1 aliphatic rings. The van der Waals surface area contributed by atoms with Crippen LogP contribution in [0.1, 0.15) is 104 Å². The summed E-state index contributed by atoms with van der Waals surface area (Å²) in [4.78, 5) is 51.0. The molecule has 1 aliphatic carbocycles. The first kappa shape index (κ1) is 56.0. The summed E-state index contributed by atoms with van der Waals surface area (Å²) in [7, 11) is 6.70. The summed E-state index contributed by atoms with van der Waals surface area (Å²) in [5.74, 6) is 0.408. The molecule has 1 atom stereocenters. The highest BCUT2D eigenvalue weighted by Crippen LogP contribution is 2.20. The van der Waals surface area contributed by atoms with Crippen molar-refractivity contribution in [3.05, 3.63) is 12.7 Å². The Hall–Kier alpha value is -3.34. The molecule has 1 fully saturated rings. The summed E-state index contributed by atoms with van der Waals surface area (Å²) in [5.41, 5.74) is 0. The second kappa shape index (κ2) is 40.3. The largest absolute Gasteiger partial charge is 0.449 e. The van der Waals surface area contributed by atoms with Crippen molar-refractivity contribution >= 4 is 24.4 Å². The Labute approximate surface area is 331 Å². The van der Waals surface area contributed by atoms with Gasteiger partial charge in [0, 0.05) is 80.8 Å². The lowest BCUT2D eigenvalue weighted by molar-refractivity contribution is 0.0501. The average Bonchev–Trinajstić information content (AvgIpc) is 3.19. The molecule has 0 aliphatic heterocycles. The molecule has 55 heavy (non-hydrogen) atoms. The van der Waals surface area contributed by atoms with Crippen LogP contribution in [0.4, 0.5) is 19.2 Å². The van der Waals surface area contributed by atoms with E-state index in [4.69, 9.17) is 39.4 Å². The summed E-state index contributed by atoms with van der Waals surface area (Å²) in [5, 5.41) is 34.3. The first-order valence-electron chi connectivity index (χ1n) is 19.9. The number of unbranched alkanes of at least 4 members (excludes halogenated alkanes) is 1. The van der Waals surface area contributed by atoms with Gasteiger partial charge in [0.2, 0.25) is 0 Å². The van der Waals surface area contributed by atoms with E-state index in [9.17, 15) is 19.2 Å². The molecule has 0 aromatic carbocycles. The zero-order chi connectivity index (χ0) is 42.3. The van der Waals surface area contributed by atoms with Crippen molar-refractivity contribution in [3.63, 3.8) is 0 Å². The summed E-state index contributed by atoms with van der Waals surface area (Å²) >= 11 is 0. The van der Waals surface area contributed by atoms with E-state index < -0.39 is 0 Å². The number of carbonyl (C=O) groups is 4. The zero-order valence-electron chi connectivity index (χ0n) is 35.3. The minimum atomic E-state index is -0.352. The fourth-order valence-electron chi connectivity index (χ4n) is 4.21. The number of nitrogens with zero attached hydrogens (tertiary/aromatic N) is 4. The minimum Gasteiger partial charge on any atom is -0.449 e. The number of amides is 4. The molecule has 0 bridgehead atoms. The lowest BCUT2D eigenvalue weighted by Crippen LogP contribution is -2.33. The molecule has 4 N–H and O–H groups in total. The molecule has 4 amide bonds. The van der Waals surface area contributed by atoms with E-state index in [2.05, 4.69) is 13.5 Å². The second-order valence-electron chi connectivity index (χ2n) is 13.4. The highest BCUT2D eigenvalue weighted by Gasteiger charge is 2.19. The van der Waals surface area contributed by atoms with Crippen molar-refractivity contribution in [2.75, 3.05) is 101 Å². The minimum absolute atomic E-state index is 0.0876. The zero-order valence-corrected chi connectivity index (χ0v) is 35.3. The third-order valence-electron chi connectivity index (χ3n) is 8.13. The van der Waals surface area contributed by atoms with Crippen molar-refractivity contribution in [2.24, 2.45) is 5.92 Å². The monoisotopic (exact) mass is 795 g/mol. The molecule has 0 radical (unpaired) electrons. The van der Waals surface area contributed by atoms with Gasteiger partial charge in [-0.3, -0.25) is 0 Å². The Morgan fingerprint density at radius 1 is 0.636 bits per heavy atom. The van der Waals surface area contributed by atoms with Gasteiger partial charge in [0.1, 0.15) is 6.10 Å². The predicted molar refractivity (Wildman–Crippen MR) is 214 cm³/mol. The van der Waals surface area contributed by atoms with Gasteiger partial charge in [0.25, 0.3) is 0 Å². The lowest BCUT2D eigenvalue weighted by Gasteiger charge is -2.25. The molecule has 326 valence electrons. The van der Waals surface area contributed by atoms with Crippen molar-refractivity contribution in [2.45, 2.75) is 110 Å². The first-order chi connectivity index (χ1) is 26.3. The molecule has 0 aromatic heterocycles. The van der Waals surface area contributed by atoms with E-state index in [1.807, 2.05) is 13.8 Å². The van der Waals surface area contributed by atoms with Gasteiger partial charge in [-0.2, -0.15) is 0 Å². The Morgan fingerprint density at radius 3 is 1.42 bits per heavy atom. The third-order valence-corrected chi connectivity index (χ3v) is 8.13. The van der Waals surface area contributed by atoms with Gasteiger partial charge in [-0.15, -0.1) is 6.58 Å². The molecule has 1 rings (SSSR count). The van der Waals surface area contributed by atoms with Gasteiger partial charge in [-0.25, -0.2) is 19.2 Å². The van der Waals surface area contributed by atoms with Gasteiger partial charge in [0.05, 0.1) is 19.8 Å². The molecule has 16 heteroatoms. The highest BCUT2D eigenvalue weighted by molar-refractivity contribution is 5.68. The van der Waals surface area contributed by atoms with Crippen LogP contribution in [0.3, 0.4) is 0 Å². The fraction of sp³-hybridized carbons (Fsp3) is 0.846. The number of aliphatic hydroxyl groups excluding tert-OH is 4. The van der Waals surface area contributed by atoms with Gasteiger partial charge >= 0.3 is 24.4 Å². The Bertz CT molecular complexity index is 941. The normalized spacial score (nSPS) is 12.4. The van der Waals surface area contributed by atoms with Gasteiger partial charge < -0.3 is 59.0 Å². The molecular formula is C39H78N4O12. The standard InChI is InChI=1S/C11H21NO3.C10H21NO3.C9H19NO3.C9H17NO3/c1-12(8-5-9-13)11(14)15-10-6-3-2-4-7-10;1-4-9(2)8-14-10(13)11(3)6-5-7-12;2*1-3-4-8-13-9(12)10(2)6-5-7-11/h10,13H,2-9H2,1H3;9,12H,4-8H2,1-3H3;11H,3-8H2,1-2H3;3,11H,1,4-8H2,2H3. The summed E-state index contributed by atoms with van der Waals surface area (Å²) < 4.78 is 20.2. The number of ether oxygens (including phenoxy) is 4. The maximum Gasteiger partial charge on any atom is 0.409 e. The quantitative estimate of drug-likeness (QED) is 0.0611. The summed E-state index contributed by atoms with van der Waals surface area (Å²) in [6.45, 7) is 13.5. The summed E-state index contributed by atoms with van der Waals surface area (Å²) in [6.07, 6.45) is 12.2. The second-order valence-corrected chi connectivity index (χ2v) is 13.4. The van der Waals surface area contributed by atoms with Crippen LogP contribution in [0.25, 0.3) is 0 Å². The van der Waals surface area contributed by atoms with E-state index in [1.165, 1.54) is 26.0 Å². The molecule has 0 spiro atoms. The predicted octanol–water partition coefficient (Wildman–Crippen LogP) is 5.50. The summed E-state index contributed by atoms with van der Waals surface area (Å²) in [6, 6.07) is 0. The van der Waals surface area contributed by atoms with E-state index in [1.54, 1.807) is 34.3 Å². The van der Waals surface area contributed by atoms with E-state index in [-0.39, 0.29) is 56.9 Å². The molecule has 1 unspecified atom stereocenters. The molecule has 0 aromatic rings. The van der Waals surface area contributed by atoms with Crippen molar-refractivity contribution in [1.29, 1.82) is 0 Å². The van der Waals surface area contributed by atoms with E-state index in [0.717, 1.165) is 44.9 Å². The van der Waals surface area contributed by atoms with Crippen molar-refractivity contribution in [1.82, 2.24) is 19.6 Å². The Balaban J connectivity index is -0.000000657. The Kier molecular flexibility index (Phi) is 41.1. The lowest BCUT2D eigenvalue weighted by atomic mass is 9.98. The van der Waals surface area contributed by atoms with Gasteiger partial charge in [0.15, 0.2) is 0 Å². The first-order valence-corrected chi connectivity index (χ1v) is 19.9. The van der Waals surface area contributed by atoms with Crippen LogP contribution >= 0.6 is 0 Å². The number of hydrogen-bond acceptors (Lipinski definition) is 12. The third kappa shape index (κ3) is 36.1. The molecule has 1 saturated carbocycles. The van der Waals surface area contributed by atoms with Crippen LogP contribution in [-0.2, 0) is 18.9 Å². The number of aliphatic hydroxyl groups is 4. The number of hydrogen-bond donors (Lipinski definition) is 4. The van der Waals surface area contributed by atoms with E-state index >= 15 is 0 Å². The molecule has 0 heterocycles. The topological polar surface area (TPSA) is 199 Å². The Morgan fingerprint density at radius 2 is 1.04 bits per heavy atom. The maximum absolute atomic E-state index is 11.5.